The largest absolute Gasteiger partial charge is 0.493 e. The molecule has 1 aromatic carbocycles. The van der Waals surface area contributed by atoms with Gasteiger partial charge in [-0.25, -0.2) is 0 Å². The molecule has 1 unspecified atom stereocenters. The number of aliphatic hydroxyl groups is 1. The molecule has 1 aliphatic rings. The van der Waals surface area contributed by atoms with Crippen LogP contribution in [0.25, 0.3) is 0 Å². The van der Waals surface area contributed by atoms with Gasteiger partial charge in [0.05, 0.1) is 13.7 Å². The van der Waals surface area contributed by atoms with Gasteiger partial charge in [0.2, 0.25) is 0 Å². The van der Waals surface area contributed by atoms with E-state index < -0.39 is 6.10 Å². The van der Waals surface area contributed by atoms with Crippen molar-refractivity contribution in [2.45, 2.75) is 31.5 Å². The standard InChI is InChI=1S/C15H23NO4/c1-18-9-13(17)10-20-15-11(8-16-12-6-7-12)4-3-5-14(15)19-2/h3-5,12-13,16-17H,6-10H2,1-2H3. The van der Waals surface area contributed by atoms with Gasteiger partial charge in [0.25, 0.3) is 0 Å². The Kier molecular flexibility index (Phi) is 5.64. The van der Waals surface area contributed by atoms with E-state index in [9.17, 15) is 5.11 Å². The van der Waals surface area contributed by atoms with E-state index in [0.717, 1.165) is 12.1 Å². The van der Waals surface area contributed by atoms with E-state index in [1.807, 2.05) is 18.2 Å². The average molecular weight is 281 g/mol. The fourth-order valence-electron chi connectivity index (χ4n) is 1.99. The number of rotatable bonds is 9. The Morgan fingerprint density at radius 2 is 2.10 bits per heavy atom. The first kappa shape index (κ1) is 15.1. The smallest absolute Gasteiger partial charge is 0.165 e. The van der Waals surface area contributed by atoms with Crippen molar-refractivity contribution in [3.63, 3.8) is 0 Å². The molecule has 1 fully saturated rings. The molecule has 0 bridgehead atoms. The fourth-order valence-corrected chi connectivity index (χ4v) is 1.99. The van der Waals surface area contributed by atoms with Crippen LogP contribution in [0, 0.1) is 0 Å². The van der Waals surface area contributed by atoms with Crippen molar-refractivity contribution in [3.8, 4) is 11.5 Å². The van der Waals surface area contributed by atoms with E-state index in [2.05, 4.69) is 5.32 Å². The van der Waals surface area contributed by atoms with Crippen molar-refractivity contribution >= 4 is 0 Å². The Morgan fingerprint density at radius 3 is 2.75 bits per heavy atom. The number of methoxy groups -OCH3 is 2. The molecule has 0 spiro atoms. The van der Waals surface area contributed by atoms with Crippen molar-refractivity contribution in [3.05, 3.63) is 23.8 Å². The maximum Gasteiger partial charge on any atom is 0.165 e. The lowest BCUT2D eigenvalue weighted by molar-refractivity contribution is 0.0316. The third kappa shape index (κ3) is 4.37. The highest BCUT2D eigenvalue weighted by Crippen LogP contribution is 2.32. The van der Waals surface area contributed by atoms with Gasteiger partial charge in [-0.15, -0.1) is 0 Å². The maximum atomic E-state index is 9.69. The van der Waals surface area contributed by atoms with E-state index >= 15 is 0 Å². The minimum atomic E-state index is -0.644. The lowest BCUT2D eigenvalue weighted by atomic mass is 10.2. The van der Waals surface area contributed by atoms with Gasteiger partial charge in [0.15, 0.2) is 11.5 Å². The first-order chi connectivity index (χ1) is 9.74. The van der Waals surface area contributed by atoms with Crippen LogP contribution in [0.15, 0.2) is 18.2 Å². The molecule has 112 valence electrons. The second kappa shape index (κ2) is 7.47. The van der Waals surface area contributed by atoms with E-state index in [1.54, 1.807) is 14.2 Å². The van der Waals surface area contributed by atoms with Crippen molar-refractivity contribution in [1.29, 1.82) is 0 Å². The zero-order chi connectivity index (χ0) is 14.4. The van der Waals surface area contributed by atoms with E-state index in [-0.39, 0.29) is 13.2 Å². The van der Waals surface area contributed by atoms with E-state index in [1.165, 1.54) is 12.8 Å². The molecule has 2 N–H and O–H groups in total. The summed E-state index contributed by atoms with van der Waals surface area (Å²) in [6, 6.07) is 6.45. The molecule has 0 aromatic heterocycles. The number of benzene rings is 1. The monoisotopic (exact) mass is 281 g/mol. The summed E-state index contributed by atoms with van der Waals surface area (Å²) in [7, 11) is 3.17. The lowest BCUT2D eigenvalue weighted by Crippen LogP contribution is -2.23. The zero-order valence-corrected chi connectivity index (χ0v) is 12.1. The molecule has 1 atom stereocenters. The Hall–Kier alpha value is -1.30. The van der Waals surface area contributed by atoms with Crippen molar-refractivity contribution < 1.29 is 19.3 Å². The molecule has 0 radical (unpaired) electrons. The number of aliphatic hydroxyl groups excluding tert-OH is 1. The van der Waals surface area contributed by atoms with Crippen LogP contribution in [0.1, 0.15) is 18.4 Å². The summed E-state index contributed by atoms with van der Waals surface area (Å²) >= 11 is 0. The number of nitrogens with one attached hydrogen (secondary N) is 1. The number of hydrogen-bond donors (Lipinski definition) is 2. The molecular formula is C15H23NO4. The van der Waals surface area contributed by atoms with Gasteiger partial charge >= 0.3 is 0 Å². The minimum absolute atomic E-state index is 0.185. The Labute approximate surface area is 119 Å². The fraction of sp³-hybridized carbons (Fsp3) is 0.600. The predicted octanol–water partition coefficient (Wildman–Crippen LogP) is 1.33. The van der Waals surface area contributed by atoms with Crippen LogP contribution in [-0.4, -0.2) is 44.7 Å². The maximum absolute atomic E-state index is 9.69. The number of ether oxygens (including phenoxy) is 3. The molecule has 0 saturated heterocycles. The van der Waals surface area contributed by atoms with Gasteiger partial charge in [-0.05, 0) is 18.9 Å². The van der Waals surface area contributed by atoms with Crippen LogP contribution in [0.3, 0.4) is 0 Å². The second-order valence-corrected chi connectivity index (χ2v) is 5.02. The summed E-state index contributed by atoms with van der Waals surface area (Å²) in [6.07, 6.45) is 1.84. The van der Waals surface area contributed by atoms with E-state index in [0.29, 0.717) is 17.5 Å². The van der Waals surface area contributed by atoms with Crippen LogP contribution in [0.4, 0.5) is 0 Å². The highest BCUT2D eigenvalue weighted by atomic mass is 16.5. The SMILES string of the molecule is COCC(O)COc1c(CNC2CC2)cccc1OC. The van der Waals surface area contributed by atoms with Crippen molar-refractivity contribution in [2.24, 2.45) is 0 Å². The summed E-state index contributed by atoms with van der Waals surface area (Å²) in [5, 5.41) is 13.1. The molecule has 20 heavy (non-hydrogen) atoms. The summed E-state index contributed by atoms with van der Waals surface area (Å²) in [6.45, 7) is 1.19. The topological polar surface area (TPSA) is 60.0 Å². The molecule has 5 heteroatoms. The minimum Gasteiger partial charge on any atom is -0.493 e. The van der Waals surface area contributed by atoms with Crippen LogP contribution < -0.4 is 14.8 Å². The molecule has 0 heterocycles. The Bertz CT molecular complexity index is 420. The molecule has 1 saturated carbocycles. The summed E-state index contributed by atoms with van der Waals surface area (Å²) in [4.78, 5) is 0. The number of hydrogen-bond acceptors (Lipinski definition) is 5. The van der Waals surface area contributed by atoms with Gasteiger partial charge in [-0.2, -0.15) is 0 Å². The number of para-hydroxylation sites is 1. The summed E-state index contributed by atoms with van der Waals surface area (Å²) < 4.78 is 16.0. The normalized spacial score (nSPS) is 15.9. The van der Waals surface area contributed by atoms with E-state index in [4.69, 9.17) is 14.2 Å². The summed E-state index contributed by atoms with van der Waals surface area (Å²) in [5.41, 5.74) is 1.04. The quantitative estimate of drug-likeness (QED) is 0.715. The van der Waals surface area contributed by atoms with Crippen LogP contribution >= 0.6 is 0 Å². The van der Waals surface area contributed by atoms with Gasteiger partial charge in [-0.1, -0.05) is 12.1 Å². The average Bonchev–Trinajstić information content (AvgIpc) is 3.27. The Balaban J connectivity index is 2.01. The molecule has 0 aliphatic heterocycles. The lowest BCUT2D eigenvalue weighted by Gasteiger charge is -2.17. The van der Waals surface area contributed by atoms with Crippen LogP contribution in [0.5, 0.6) is 11.5 Å². The predicted molar refractivity (Wildman–Crippen MR) is 76.2 cm³/mol. The van der Waals surface area contributed by atoms with Gasteiger partial charge < -0.3 is 24.6 Å². The summed E-state index contributed by atoms with van der Waals surface area (Å²) in [5.74, 6) is 1.38. The third-order valence-electron chi connectivity index (χ3n) is 3.22. The Morgan fingerprint density at radius 1 is 1.30 bits per heavy atom. The van der Waals surface area contributed by atoms with Crippen LogP contribution in [0.2, 0.25) is 0 Å². The molecule has 0 amide bonds. The highest BCUT2D eigenvalue weighted by Gasteiger charge is 2.21. The molecule has 2 rings (SSSR count). The van der Waals surface area contributed by atoms with Gasteiger partial charge in [0.1, 0.15) is 12.7 Å². The van der Waals surface area contributed by atoms with Crippen molar-refractivity contribution in [2.75, 3.05) is 27.4 Å². The first-order valence-electron chi connectivity index (χ1n) is 6.93. The molecule has 1 aliphatic carbocycles. The second-order valence-electron chi connectivity index (χ2n) is 5.02. The first-order valence-corrected chi connectivity index (χ1v) is 6.93. The molecule has 5 nitrogen and oxygen atoms in total. The van der Waals surface area contributed by atoms with Gasteiger partial charge in [0, 0.05) is 25.3 Å². The zero-order valence-electron chi connectivity index (χ0n) is 12.1. The van der Waals surface area contributed by atoms with Crippen LogP contribution in [-0.2, 0) is 11.3 Å². The van der Waals surface area contributed by atoms with Crippen molar-refractivity contribution in [1.82, 2.24) is 5.32 Å². The van der Waals surface area contributed by atoms with Gasteiger partial charge in [-0.3, -0.25) is 0 Å². The molecule has 1 aromatic rings. The third-order valence-corrected chi connectivity index (χ3v) is 3.22. The molecular weight excluding hydrogens is 258 g/mol. The highest BCUT2D eigenvalue weighted by molar-refractivity contribution is 5.46.